The van der Waals surface area contributed by atoms with Crippen LogP contribution in [0.25, 0.3) is 0 Å². The van der Waals surface area contributed by atoms with E-state index >= 15 is 0 Å². The van der Waals surface area contributed by atoms with Crippen LogP contribution < -0.4 is 9.46 Å². The second-order valence-electron chi connectivity index (χ2n) is 5.46. The molecule has 2 N–H and O–H groups in total. The van der Waals surface area contributed by atoms with Crippen LogP contribution in [0.5, 0.6) is 5.75 Å². The van der Waals surface area contributed by atoms with Gasteiger partial charge in [0.1, 0.15) is 11.8 Å². The number of nitrogens with one attached hydrogen (secondary N) is 1. The van der Waals surface area contributed by atoms with Crippen molar-refractivity contribution in [2.24, 2.45) is 5.92 Å². The minimum Gasteiger partial charge on any atom is -0.494 e. The molecule has 124 valence electrons. The highest BCUT2D eigenvalue weighted by molar-refractivity contribution is 7.89. The summed E-state index contributed by atoms with van der Waals surface area (Å²) in [7, 11) is -3.87. The summed E-state index contributed by atoms with van der Waals surface area (Å²) in [5, 5.41) is 9.13. The van der Waals surface area contributed by atoms with Gasteiger partial charge in [-0.3, -0.25) is 4.79 Å². The average Bonchev–Trinajstić information content (AvgIpc) is 2.44. The second kappa shape index (κ2) is 8.14. The standard InChI is InChI=1S/C15H23NO5S/c1-4-9-21-12-5-7-13(8-6-12)22(19,20)16-14(15(17)18)10-11(2)3/h5-8,11,14,16H,4,9-10H2,1-3H3,(H,17,18). The van der Waals surface area contributed by atoms with Gasteiger partial charge in [-0.25, -0.2) is 8.42 Å². The molecule has 0 radical (unpaired) electrons. The Kier molecular flexibility index (Phi) is 6.83. The first-order chi connectivity index (χ1) is 10.3. The number of carboxylic acids is 1. The lowest BCUT2D eigenvalue weighted by Gasteiger charge is -2.16. The zero-order chi connectivity index (χ0) is 16.8. The minimum atomic E-state index is -3.87. The minimum absolute atomic E-state index is 0.0198. The van der Waals surface area contributed by atoms with Crippen LogP contribution in [-0.4, -0.2) is 32.1 Å². The van der Waals surface area contributed by atoms with Gasteiger partial charge in [0.2, 0.25) is 10.0 Å². The summed E-state index contributed by atoms with van der Waals surface area (Å²) in [6, 6.07) is 4.79. The average molecular weight is 329 g/mol. The third-order valence-electron chi connectivity index (χ3n) is 2.91. The Morgan fingerprint density at radius 2 is 1.86 bits per heavy atom. The fourth-order valence-electron chi connectivity index (χ4n) is 1.86. The molecule has 7 heteroatoms. The quantitative estimate of drug-likeness (QED) is 0.725. The first-order valence-electron chi connectivity index (χ1n) is 7.24. The van der Waals surface area contributed by atoms with Crippen molar-refractivity contribution in [1.29, 1.82) is 0 Å². The Labute approximate surface area is 131 Å². The van der Waals surface area contributed by atoms with Crippen molar-refractivity contribution >= 4 is 16.0 Å². The third kappa shape index (κ3) is 5.65. The lowest BCUT2D eigenvalue weighted by molar-refractivity contribution is -0.139. The number of sulfonamides is 1. The summed E-state index contributed by atoms with van der Waals surface area (Å²) < 4.78 is 32.1. The summed E-state index contributed by atoms with van der Waals surface area (Å²) in [6.45, 7) is 6.21. The highest BCUT2D eigenvalue weighted by atomic mass is 32.2. The van der Waals surface area contributed by atoms with E-state index in [4.69, 9.17) is 9.84 Å². The second-order valence-corrected chi connectivity index (χ2v) is 7.18. The van der Waals surface area contributed by atoms with Crippen LogP contribution in [0.4, 0.5) is 0 Å². The predicted molar refractivity (Wildman–Crippen MR) is 83.4 cm³/mol. The summed E-state index contributed by atoms with van der Waals surface area (Å²) in [6.07, 6.45) is 1.09. The Morgan fingerprint density at radius 3 is 2.32 bits per heavy atom. The molecule has 22 heavy (non-hydrogen) atoms. The Morgan fingerprint density at radius 1 is 1.27 bits per heavy atom. The van der Waals surface area contributed by atoms with E-state index in [1.165, 1.54) is 12.1 Å². The van der Waals surface area contributed by atoms with Gasteiger partial charge in [-0.15, -0.1) is 0 Å². The van der Waals surface area contributed by atoms with E-state index in [9.17, 15) is 13.2 Å². The third-order valence-corrected chi connectivity index (χ3v) is 4.40. The van der Waals surface area contributed by atoms with Crippen LogP contribution in [0.1, 0.15) is 33.6 Å². The van der Waals surface area contributed by atoms with E-state index in [-0.39, 0.29) is 17.2 Å². The van der Waals surface area contributed by atoms with Crippen LogP contribution in [0.3, 0.4) is 0 Å². The highest BCUT2D eigenvalue weighted by Gasteiger charge is 2.26. The molecule has 1 unspecified atom stereocenters. The van der Waals surface area contributed by atoms with Gasteiger partial charge in [0.15, 0.2) is 0 Å². The molecule has 1 aromatic rings. The molecule has 0 fully saturated rings. The van der Waals surface area contributed by atoms with Crippen molar-refractivity contribution < 1.29 is 23.1 Å². The van der Waals surface area contributed by atoms with Gasteiger partial charge < -0.3 is 9.84 Å². The van der Waals surface area contributed by atoms with Gasteiger partial charge in [0, 0.05) is 0 Å². The van der Waals surface area contributed by atoms with Gasteiger partial charge in [-0.1, -0.05) is 20.8 Å². The van der Waals surface area contributed by atoms with Crippen molar-refractivity contribution in [3.8, 4) is 5.75 Å². The molecule has 1 aromatic carbocycles. The summed E-state index contributed by atoms with van der Waals surface area (Å²) in [5.41, 5.74) is 0. The van der Waals surface area contributed by atoms with E-state index in [0.717, 1.165) is 6.42 Å². The van der Waals surface area contributed by atoms with E-state index in [2.05, 4.69) is 4.72 Å². The molecule has 0 saturated heterocycles. The Balaban J connectivity index is 2.86. The first kappa shape index (κ1) is 18.4. The molecular formula is C15H23NO5S. The molecule has 0 bridgehead atoms. The first-order valence-corrected chi connectivity index (χ1v) is 8.72. The monoisotopic (exact) mass is 329 g/mol. The zero-order valence-electron chi connectivity index (χ0n) is 13.1. The summed E-state index contributed by atoms with van der Waals surface area (Å²) in [5.74, 6) is -0.536. The number of carboxylic acid groups (broad SMARTS) is 1. The van der Waals surface area contributed by atoms with Crippen LogP contribution >= 0.6 is 0 Å². The number of aliphatic carboxylic acids is 1. The smallest absolute Gasteiger partial charge is 0.321 e. The Bertz CT molecular complexity index is 580. The van der Waals surface area contributed by atoms with Gasteiger partial charge in [-0.05, 0) is 43.0 Å². The molecule has 0 heterocycles. The Hall–Kier alpha value is -1.60. The fourth-order valence-corrected chi connectivity index (χ4v) is 3.06. The maximum absolute atomic E-state index is 12.2. The molecule has 6 nitrogen and oxygen atoms in total. The van der Waals surface area contributed by atoms with Crippen LogP contribution in [0, 0.1) is 5.92 Å². The largest absolute Gasteiger partial charge is 0.494 e. The molecule has 0 aliphatic carbocycles. The maximum atomic E-state index is 12.2. The molecule has 0 spiro atoms. The molecule has 1 atom stereocenters. The van der Waals surface area contributed by atoms with Gasteiger partial charge >= 0.3 is 5.97 Å². The molecule has 0 aliphatic heterocycles. The van der Waals surface area contributed by atoms with Crippen molar-refractivity contribution in [3.63, 3.8) is 0 Å². The molecular weight excluding hydrogens is 306 g/mol. The molecule has 0 aromatic heterocycles. The van der Waals surface area contributed by atoms with Gasteiger partial charge in [-0.2, -0.15) is 4.72 Å². The lowest BCUT2D eigenvalue weighted by atomic mass is 10.1. The van der Waals surface area contributed by atoms with E-state index in [1.54, 1.807) is 12.1 Å². The van der Waals surface area contributed by atoms with E-state index in [0.29, 0.717) is 12.4 Å². The lowest BCUT2D eigenvalue weighted by Crippen LogP contribution is -2.41. The normalized spacial score (nSPS) is 13.1. The van der Waals surface area contributed by atoms with Crippen LogP contribution in [0.2, 0.25) is 0 Å². The number of carbonyl (C=O) groups is 1. The SMILES string of the molecule is CCCOc1ccc(S(=O)(=O)NC(CC(C)C)C(=O)O)cc1. The van der Waals surface area contributed by atoms with Crippen molar-refractivity contribution in [1.82, 2.24) is 4.72 Å². The topological polar surface area (TPSA) is 92.7 Å². The zero-order valence-corrected chi connectivity index (χ0v) is 13.9. The summed E-state index contributed by atoms with van der Waals surface area (Å²) in [4.78, 5) is 11.2. The fraction of sp³-hybridized carbons (Fsp3) is 0.533. The van der Waals surface area contributed by atoms with E-state index in [1.807, 2.05) is 20.8 Å². The molecule has 1 rings (SSSR count). The molecule has 0 amide bonds. The number of rotatable bonds is 9. The summed E-state index contributed by atoms with van der Waals surface area (Å²) >= 11 is 0. The molecule has 0 aliphatic rings. The number of benzene rings is 1. The van der Waals surface area contributed by atoms with Crippen molar-refractivity contribution in [3.05, 3.63) is 24.3 Å². The maximum Gasteiger partial charge on any atom is 0.321 e. The van der Waals surface area contributed by atoms with Crippen molar-refractivity contribution in [2.45, 2.75) is 44.6 Å². The van der Waals surface area contributed by atoms with Gasteiger partial charge in [0.05, 0.1) is 11.5 Å². The number of hydrogen-bond acceptors (Lipinski definition) is 4. The highest BCUT2D eigenvalue weighted by Crippen LogP contribution is 2.17. The predicted octanol–water partition coefficient (Wildman–Crippen LogP) is 2.25. The van der Waals surface area contributed by atoms with Gasteiger partial charge in [0.25, 0.3) is 0 Å². The van der Waals surface area contributed by atoms with Crippen LogP contribution in [0.15, 0.2) is 29.2 Å². The number of ether oxygens (including phenoxy) is 1. The van der Waals surface area contributed by atoms with Crippen molar-refractivity contribution in [2.75, 3.05) is 6.61 Å². The molecule has 0 saturated carbocycles. The van der Waals surface area contributed by atoms with Crippen LogP contribution in [-0.2, 0) is 14.8 Å². The number of hydrogen-bond donors (Lipinski definition) is 2. The van der Waals surface area contributed by atoms with E-state index < -0.39 is 22.0 Å².